The lowest BCUT2D eigenvalue weighted by atomic mass is 10.1. The zero-order valence-corrected chi connectivity index (χ0v) is 12.4. The Kier molecular flexibility index (Phi) is 6.09. The van der Waals surface area contributed by atoms with Crippen LogP contribution in [0, 0.1) is 0 Å². The van der Waals surface area contributed by atoms with Crippen LogP contribution in [0.5, 0.6) is 0 Å². The molecule has 0 aromatic heterocycles. The first-order valence-corrected chi connectivity index (χ1v) is 6.54. The monoisotopic (exact) mass is 311 g/mol. The third-order valence-electron chi connectivity index (χ3n) is 2.61. The van der Waals surface area contributed by atoms with Crippen molar-refractivity contribution in [2.45, 2.75) is 6.92 Å². The van der Waals surface area contributed by atoms with Gasteiger partial charge in [0.1, 0.15) is 0 Å². The van der Waals surface area contributed by atoms with Crippen LogP contribution in [0.1, 0.15) is 17.3 Å². The normalized spacial score (nSPS) is 10.2. The molecule has 0 aliphatic carbocycles. The number of Topliss-reactive ketones (excluding diaryl/α,β-unsaturated/α-hetero) is 1. The summed E-state index contributed by atoms with van der Waals surface area (Å²) in [5, 5.41) is 0. The van der Waals surface area contributed by atoms with Crippen molar-refractivity contribution in [3.8, 4) is 0 Å². The number of halogens is 1. The molecular weight excluding hydrogens is 294 g/mol. The molecular formula is C14H18BrNO2. The Bertz CT molecular complexity index is 432. The molecule has 3 nitrogen and oxygen atoms in total. The van der Waals surface area contributed by atoms with Crippen LogP contribution in [0.15, 0.2) is 35.3 Å². The van der Waals surface area contributed by atoms with Crippen molar-refractivity contribution >= 4 is 27.4 Å². The highest BCUT2D eigenvalue weighted by molar-refractivity contribution is 9.10. The largest absolute Gasteiger partial charge is 0.383 e. The van der Waals surface area contributed by atoms with Crippen LogP contribution in [-0.4, -0.2) is 32.6 Å². The van der Waals surface area contributed by atoms with E-state index in [2.05, 4.69) is 27.4 Å². The minimum atomic E-state index is 0.0643. The predicted octanol–water partition coefficient (Wildman–Crippen LogP) is 3.29. The Labute approximate surface area is 117 Å². The van der Waals surface area contributed by atoms with Gasteiger partial charge in [-0.25, -0.2) is 0 Å². The molecule has 98 valence electrons. The fourth-order valence-corrected chi connectivity index (χ4v) is 2.28. The summed E-state index contributed by atoms with van der Waals surface area (Å²) in [6, 6.07) is 5.63. The van der Waals surface area contributed by atoms with E-state index in [9.17, 15) is 4.79 Å². The third kappa shape index (κ3) is 3.96. The smallest absolute Gasteiger partial charge is 0.159 e. The number of carbonyl (C=O) groups excluding carboxylic acids is 1. The molecule has 0 bridgehead atoms. The molecule has 0 amide bonds. The fraction of sp³-hybridized carbons (Fsp3) is 0.357. The van der Waals surface area contributed by atoms with Crippen molar-refractivity contribution in [2.24, 2.45) is 0 Å². The molecule has 0 fully saturated rings. The second-order valence-corrected chi connectivity index (χ2v) is 4.80. The lowest BCUT2D eigenvalue weighted by molar-refractivity contribution is 0.101. The summed E-state index contributed by atoms with van der Waals surface area (Å²) in [7, 11) is 1.68. The zero-order valence-electron chi connectivity index (χ0n) is 10.8. The van der Waals surface area contributed by atoms with E-state index in [-0.39, 0.29) is 5.78 Å². The fourth-order valence-electron chi connectivity index (χ4n) is 1.65. The number of ketones is 1. The number of rotatable bonds is 7. The number of nitrogens with zero attached hydrogens (tertiary/aromatic N) is 1. The number of anilines is 1. The molecule has 0 heterocycles. The molecule has 0 saturated heterocycles. The number of hydrogen-bond donors (Lipinski definition) is 0. The van der Waals surface area contributed by atoms with Gasteiger partial charge in [0.2, 0.25) is 0 Å². The van der Waals surface area contributed by atoms with Crippen molar-refractivity contribution in [3.63, 3.8) is 0 Å². The van der Waals surface area contributed by atoms with Gasteiger partial charge in [0.25, 0.3) is 0 Å². The number of ether oxygens (including phenoxy) is 1. The molecule has 4 heteroatoms. The summed E-state index contributed by atoms with van der Waals surface area (Å²) in [6.07, 6.45) is 1.85. The summed E-state index contributed by atoms with van der Waals surface area (Å²) in [5.41, 5.74) is 1.74. The van der Waals surface area contributed by atoms with Crippen molar-refractivity contribution in [1.82, 2.24) is 0 Å². The topological polar surface area (TPSA) is 29.5 Å². The lowest BCUT2D eigenvalue weighted by Crippen LogP contribution is -2.27. The van der Waals surface area contributed by atoms with Crippen LogP contribution in [0.3, 0.4) is 0 Å². The van der Waals surface area contributed by atoms with E-state index in [1.54, 1.807) is 14.0 Å². The van der Waals surface area contributed by atoms with Crippen LogP contribution >= 0.6 is 15.9 Å². The summed E-state index contributed by atoms with van der Waals surface area (Å²) < 4.78 is 6.01. The molecule has 1 rings (SSSR count). The maximum Gasteiger partial charge on any atom is 0.159 e. The Balaban J connectivity index is 2.97. The maximum atomic E-state index is 11.3. The van der Waals surface area contributed by atoms with Gasteiger partial charge < -0.3 is 9.64 Å². The SMILES string of the molecule is C=CCN(CCOC)c1ccc(C(C)=O)cc1Br. The Morgan fingerprint density at radius 2 is 2.28 bits per heavy atom. The quantitative estimate of drug-likeness (QED) is 0.571. The van der Waals surface area contributed by atoms with E-state index >= 15 is 0 Å². The summed E-state index contributed by atoms with van der Waals surface area (Å²) in [6.45, 7) is 7.48. The highest BCUT2D eigenvalue weighted by Gasteiger charge is 2.10. The molecule has 1 aromatic carbocycles. The number of hydrogen-bond acceptors (Lipinski definition) is 3. The van der Waals surface area contributed by atoms with Crippen molar-refractivity contribution in [2.75, 3.05) is 31.7 Å². The van der Waals surface area contributed by atoms with Gasteiger partial charge in [0, 0.05) is 30.2 Å². The first-order valence-electron chi connectivity index (χ1n) is 5.75. The number of carbonyl (C=O) groups is 1. The first-order chi connectivity index (χ1) is 8.60. The van der Waals surface area contributed by atoms with E-state index < -0.39 is 0 Å². The van der Waals surface area contributed by atoms with Crippen molar-refractivity contribution < 1.29 is 9.53 Å². The Morgan fingerprint density at radius 3 is 2.78 bits per heavy atom. The van der Waals surface area contributed by atoms with Crippen LogP contribution in [0.25, 0.3) is 0 Å². The zero-order chi connectivity index (χ0) is 13.5. The second-order valence-electron chi connectivity index (χ2n) is 3.95. The van der Waals surface area contributed by atoms with Gasteiger partial charge in [-0.1, -0.05) is 6.08 Å². The number of benzene rings is 1. The van der Waals surface area contributed by atoms with Crippen LogP contribution in [-0.2, 0) is 4.74 Å². The highest BCUT2D eigenvalue weighted by atomic mass is 79.9. The Hall–Kier alpha value is -1.13. The molecule has 0 aliphatic rings. The molecule has 0 N–H and O–H groups in total. The third-order valence-corrected chi connectivity index (χ3v) is 3.24. The summed E-state index contributed by atoms with van der Waals surface area (Å²) in [5.74, 6) is 0.0643. The molecule has 0 aliphatic heterocycles. The van der Waals surface area contributed by atoms with Gasteiger partial charge in [-0.3, -0.25) is 4.79 Å². The van der Waals surface area contributed by atoms with Crippen molar-refractivity contribution in [3.05, 3.63) is 40.9 Å². The second kappa shape index (κ2) is 7.34. The van der Waals surface area contributed by atoms with Gasteiger partial charge in [-0.05, 0) is 41.1 Å². The van der Waals surface area contributed by atoms with E-state index in [0.29, 0.717) is 12.2 Å². The number of methoxy groups -OCH3 is 1. The van der Waals surface area contributed by atoms with E-state index in [4.69, 9.17) is 4.74 Å². The van der Waals surface area contributed by atoms with Gasteiger partial charge in [0.05, 0.1) is 12.3 Å². The average Bonchev–Trinajstić information content (AvgIpc) is 2.34. The average molecular weight is 312 g/mol. The summed E-state index contributed by atoms with van der Waals surface area (Å²) in [4.78, 5) is 13.4. The maximum absolute atomic E-state index is 11.3. The van der Waals surface area contributed by atoms with Crippen LogP contribution in [0.2, 0.25) is 0 Å². The standard InChI is InChI=1S/C14H18BrNO2/c1-4-7-16(8-9-18-3)14-6-5-12(11(2)17)10-13(14)15/h4-6,10H,1,7-9H2,2-3H3. The van der Waals surface area contributed by atoms with Gasteiger partial charge in [-0.2, -0.15) is 0 Å². The van der Waals surface area contributed by atoms with Crippen LogP contribution in [0.4, 0.5) is 5.69 Å². The van der Waals surface area contributed by atoms with Gasteiger partial charge in [0.15, 0.2) is 5.78 Å². The molecule has 0 spiro atoms. The molecule has 0 unspecified atom stereocenters. The Morgan fingerprint density at radius 1 is 1.56 bits per heavy atom. The highest BCUT2D eigenvalue weighted by Crippen LogP contribution is 2.27. The molecule has 1 aromatic rings. The molecule has 0 atom stereocenters. The predicted molar refractivity (Wildman–Crippen MR) is 78.4 cm³/mol. The van der Waals surface area contributed by atoms with E-state index in [1.165, 1.54) is 0 Å². The van der Waals surface area contributed by atoms with Crippen molar-refractivity contribution in [1.29, 1.82) is 0 Å². The molecule has 0 radical (unpaired) electrons. The van der Waals surface area contributed by atoms with Crippen LogP contribution < -0.4 is 4.90 Å². The van der Waals surface area contributed by atoms with E-state index in [1.807, 2.05) is 24.3 Å². The molecule has 18 heavy (non-hydrogen) atoms. The minimum Gasteiger partial charge on any atom is -0.383 e. The first kappa shape index (κ1) is 14.9. The minimum absolute atomic E-state index is 0.0643. The summed E-state index contributed by atoms with van der Waals surface area (Å²) >= 11 is 3.51. The van der Waals surface area contributed by atoms with Gasteiger partial charge in [-0.15, -0.1) is 6.58 Å². The van der Waals surface area contributed by atoms with Gasteiger partial charge >= 0.3 is 0 Å². The molecule has 0 saturated carbocycles. The lowest BCUT2D eigenvalue weighted by Gasteiger charge is -2.24. The van der Waals surface area contributed by atoms with E-state index in [0.717, 1.165) is 23.2 Å².